The van der Waals surface area contributed by atoms with Crippen molar-refractivity contribution in [1.82, 2.24) is 9.78 Å². The molecule has 0 spiro atoms. The van der Waals surface area contributed by atoms with Crippen molar-refractivity contribution in [2.75, 3.05) is 5.32 Å². The van der Waals surface area contributed by atoms with Gasteiger partial charge in [-0.05, 0) is 41.1 Å². The molecule has 94 valence electrons. The van der Waals surface area contributed by atoms with Gasteiger partial charge in [-0.2, -0.15) is 5.10 Å². The van der Waals surface area contributed by atoms with Crippen LogP contribution in [0, 0.1) is 12.7 Å². The maximum Gasteiger partial charge on any atom is 0.259 e. The average Bonchev–Trinajstić information content (AvgIpc) is 2.65. The molecule has 0 atom stereocenters. The lowest BCUT2D eigenvalue weighted by Gasteiger charge is -2.05. The van der Waals surface area contributed by atoms with Crippen molar-refractivity contribution in [2.24, 2.45) is 7.05 Å². The summed E-state index contributed by atoms with van der Waals surface area (Å²) in [6.07, 6.45) is 1.50. The predicted molar refractivity (Wildman–Crippen MR) is 70.0 cm³/mol. The van der Waals surface area contributed by atoms with Gasteiger partial charge in [0.2, 0.25) is 0 Å². The predicted octanol–water partition coefficient (Wildman–Crippen LogP) is 2.88. The van der Waals surface area contributed by atoms with Gasteiger partial charge in [0.15, 0.2) is 0 Å². The molecule has 1 aromatic heterocycles. The van der Waals surface area contributed by atoms with E-state index in [0.717, 1.165) is 5.69 Å². The van der Waals surface area contributed by atoms with Crippen molar-refractivity contribution in [3.8, 4) is 0 Å². The smallest absolute Gasteiger partial charge is 0.259 e. The van der Waals surface area contributed by atoms with Crippen LogP contribution in [0.1, 0.15) is 16.1 Å². The first-order valence-electron chi connectivity index (χ1n) is 5.24. The normalized spacial score (nSPS) is 10.4. The first-order valence-corrected chi connectivity index (χ1v) is 6.03. The van der Waals surface area contributed by atoms with Crippen LogP contribution in [-0.4, -0.2) is 15.7 Å². The first kappa shape index (κ1) is 12.8. The van der Waals surface area contributed by atoms with Gasteiger partial charge in [-0.1, -0.05) is 0 Å². The third-order valence-electron chi connectivity index (χ3n) is 2.66. The number of benzene rings is 1. The Morgan fingerprint density at radius 3 is 2.78 bits per heavy atom. The molecular formula is C12H11BrFN3O. The second-order valence-electron chi connectivity index (χ2n) is 3.85. The third-order valence-corrected chi connectivity index (χ3v) is 3.27. The summed E-state index contributed by atoms with van der Waals surface area (Å²) in [5, 5.41) is 6.69. The fourth-order valence-corrected chi connectivity index (χ4v) is 1.87. The molecule has 0 aliphatic rings. The molecule has 1 aromatic carbocycles. The molecule has 4 nitrogen and oxygen atoms in total. The highest BCUT2D eigenvalue weighted by Crippen LogP contribution is 2.20. The summed E-state index contributed by atoms with van der Waals surface area (Å²) in [7, 11) is 1.76. The number of anilines is 1. The van der Waals surface area contributed by atoms with Crippen molar-refractivity contribution >= 4 is 27.5 Å². The highest BCUT2D eigenvalue weighted by Gasteiger charge is 2.13. The van der Waals surface area contributed by atoms with E-state index in [2.05, 4.69) is 26.3 Å². The van der Waals surface area contributed by atoms with Gasteiger partial charge in [-0.25, -0.2) is 4.39 Å². The van der Waals surface area contributed by atoms with E-state index in [0.29, 0.717) is 15.7 Å². The van der Waals surface area contributed by atoms with Crippen LogP contribution < -0.4 is 5.32 Å². The minimum absolute atomic E-state index is 0.265. The standard InChI is InChI=1S/C12H11BrFN3O/c1-7-9(6-15-17(7)2)12(18)16-8-3-4-11(14)10(13)5-8/h3-6H,1-2H3,(H,16,18). The largest absolute Gasteiger partial charge is 0.322 e. The highest BCUT2D eigenvalue weighted by molar-refractivity contribution is 9.10. The van der Waals surface area contributed by atoms with E-state index in [1.54, 1.807) is 11.7 Å². The van der Waals surface area contributed by atoms with Crippen molar-refractivity contribution in [3.63, 3.8) is 0 Å². The van der Waals surface area contributed by atoms with Gasteiger partial charge in [-0.3, -0.25) is 9.48 Å². The molecule has 2 rings (SSSR count). The summed E-state index contributed by atoms with van der Waals surface area (Å²) in [6.45, 7) is 1.81. The van der Waals surface area contributed by atoms with Gasteiger partial charge in [-0.15, -0.1) is 0 Å². The van der Waals surface area contributed by atoms with E-state index in [9.17, 15) is 9.18 Å². The number of aryl methyl sites for hydroxylation is 1. The summed E-state index contributed by atoms with van der Waals surface area (Å²) < 4.78 is 15.0. The molecule has 6 heteroatoms. The fourth-order valence-electron chi connectivity index (χ4n) is 1.49. The lowest BCUT2D eigenvalue weighted by molar-refractivity contribution is 0.102. The van der Waals surface area contributed by atoms with E-state index in [1.165, 1.54) is 24.4 Å². The lowest BCUT2D eigenvalue weighted by Crippen LogP contribution is -2.13. The molecule has 0 aliphatic carbocycles. The number of nitrogens with zero attached hydrogens (tertiary/aromatic N) is 2. The zero-order valence-electron chi connectivity index (χ0n) is 9.87. The van der Waals surface area contributed by atoms with Crippen LogP contribution >= 0.6 is 15.9 Å². The number of amides is 1. The number of hydrogen-bond acceptors (Lipinski definition) is 2. The lowest BCUT2D eigenvalue weighted by atomic mass is 10.2. The molecule has 0 saturated carbocycles. The zero-order valence-corrected chi connectivity index (χ0v) is 11.5. The second kappa shape index (κ2) is 4.89. The molecule has 1 heterocycles. The van der Waals surface area contributed by atoms with Crippen LogP contribution in [0.15, 0.2) is 28.9 Å². The summed E-state index contributed by atoms with van der Waals surface area (Å²) in [6, 6.07) is 4.30. The molecule has 1 N–H and O–H groups in total. The van der Waals surface area contributed by atoms with Crippen LogP contribution in [0.4, 0.5) is 10.1 Å². The summed E-state index contributed by atoms with van der Waals surface area (Å²) >= 11 is 3.07. The molecule has 0 bridgehead atoms. The maximum absolute atomic E-state index is 13.1. The first-order chi connectivity index (χ1) is 8.49. The van der Waals surface area contributed by atoms with Crippen LogP contribution in [0.5, 0.6) is 0 Å². The van der Waals surface area contributed by atoms with Crippen molar-refractivity contribution < 1.29 is 9.18 Å². The van der Waals surface area contributed by atoms with Crippen LogP contribution in [0.2, 0.25) is 0 Å². The Balaban J connectivity index is 2.21. The summed E-state index contributed by atoms with van der Waals surface area (Å²) in [4.78, 5) is 12.0. The second-order valence-corrected chi connectivity index (χ2v) is 4.70. The molecule has 0 saturated heterocycles. The minimum Gasteiger partial charge on any atom is -0.322 e. The Morgan fingerprint density at radius 2 is 2.22 bits per heavy atom. The van der Waals surface area contributed by atoms with Gasteiger partial charge in [0, 0.05) is 18.4 Å². The van der Waals surface area contributed by atoms with Crippen molar-refractivity contribution in [3.05, 3.63) is 45.9 Å². The SMILES string of the molecule is Cc1c(C(=O)Nc2ccc(F)c(Br)c2)cnn1C. The van der Waals surface area contributed by atoms with E-state index in [4.69, 9.17) is 0 Å². The topological polar surface area (TPSA) is 46.9 Å². The molecule has 0 aliphatic heterocycles. The Kier molecular flexibility index (Phi) is 3.47. The highest BCUT2D eigenvalue weighted by atomic mass is 79.9. The van der Waals surface area contributed by atoms with Gasteiger partial charge in [0.1, 0.15) is 5.82 Å². The van der Waals surface area contributed by atoms with E-state index in [1.807, 2.05) is 6.92 Å². The van der Waals surface area contributed by atoms with Gasteiger partial charge in [0.25, 0.3) is 5.91 Å². The Labute approximate surface area is 112 Å². The molecule has 0 unspecified atom stereocenters. The summed E-state index contributed by atoms with van der Waals surface area (Å²) in [5.41, 5.74) is 1.79. The molecular weight excluding hydrogens is 301 g/mol. The number of carbonyl (C=O) groups is 1. The monoisotopic (exact) mass is 311 g/mol. The number of nitrogens with one attached hydrogen (secondary N) is 1. The Bertz CT molecular complexity index is 609. The zero-order chi connectivity index (χ0) is 13.3. The van der Waals surface area contributed by atoms with E-state index >= 15 is 0 Å². The minimum atomic E-state index is -0.370. The molecule has 1 amide bonds. The van der Waals surface area contributed by atoms with E-state index < -0.39 is 0 Å². The van der Waals surface area contributed by atoms with Crippen molar-refractivity contribution in [2.45, 2.75) is 6.92 Å². The van der Waals surface area contributed by atoms with Crippen LogP contribution in [0.3, 0.4) is 0 Å². The summed E-state index contributed by atoms with van der Waals surface area (Å²) in [5.74, 6) is -0.635. The van der Waals surface area contributed by atoms with Gasteiger partial charge < -0.3 is 5.32 Å². The van der Waals surface area contributed by atoms with Gasteiger partial charge >= 0.3 is 0 Å². The van der Waals surface area contributed by atoms with Crippen LogP contribution in [-0.2, 0) is 7.05 Å². The van der Waals surface area contributed by atoms with Gasteiger partial charge in [0.05, 0.1) is 16.2 Å². The molecule has 0 radical (unpaired) electrons. The molecule has 2 aromatic rings. The molecule has 18 heavy (non-hydrogen) atoms. The Hall–Kier alpha value is -1.69. The average molecular weight is 312 g/mol. The number of rotatable bonds is 2. The van der Waals surface area contributed by atoms with Crippen molar-refractivity contribution in [1.29, 1.82) is 0 Å². The Morgan fingerprint density at radius 1 is 1.50 bits per heavy atom. The molecule has 0 fully saturated rings. The fraction of sp³-hybridized carbons (Fsp3) is 0.167. The number of hydrogen-bond donors (Lipinski definition) is 1. The quantitative estimate of drug-likeness (QED) is 0.927. The maximum atomic E-state index is 13.1. The third kappa shape index (κ3) is 2.43. The van der Waals surface area contributed by atoms with E-state index in [-0.39, 0.29) is 11.7 Å². The number of halogens is 2. The van der Waals surface area contributed by atoms with Crippen LogP contribution in [0.25, 0.3) is 0 Å². The number of aromatic nitrogens is 2. The number of carbonyl (C=O) groups excluding carboxylic acids is 1.